The molecule has 0 saturated carbocycles. The average molecular weight is 518 g/mol. The van der Waals surface area contributed by atoms with Gasteiger partial charge in [0.05, 0.1) is 34.7 Å². The van der Waals surface area contributed by atoms with Crippen molar-refractivity contribution in [1.29, 1.82) is 0 Å². The summed E-state index contributed by atoms with van der Waals surface area (Å²) < 4.78 is 6.42. The smallest absolute Gasteiger partial charge is 0.338 e. The Morgan fingerprint density at radius 2 is 1.92 bits per heavy atom. The lowest BCUT2D eigenvalue weighted by atomic mass is 10.1. The van der Waals surface area contributed by atoms with Gasteiger partial charge in [0.15, 0.2) is 5.65 Å². The predicted octanol–water partition coefficient (Wildman–Crippen LogP) is 2.34. The number of imidazole rings is 1. The molecule has 0 saturated heterocycles. The van der Waals surface area contributed by atoms with Crippen LogP contribution in [0.4, 0.5) is 5.82 Å². The monoisotopic (exact) mass is 517 g/mol. The molecule has 1 atom stereocenters. The van der Waals surface area contributed by atoms with Crippen LogP contribution in [-0.4, -0.2) is 39.0 Å². The van der Waals surface area contributed by atoms with Crippen LogP contribution in [-0.2, 0) is 7.05 Å². The Bertz CT molecular complexity index is 1980. The van der Waals surface area contributed by atoms with Crippen LogP contribution in [0.15, 0.2) is 84.4 Å². The number of para-hydroxylation sites is 1. The first-order valence-electron chi connectivity index (χ1n) is 12.1. The normalized spacial score (nSPS) is 11.8. The van der Waals surface area contributed by atoms with E-state index in [-0.39, 0.29) is 17.1 Å². The number of aryl methyl sites for hydroxylation is 1. The molecule has 0 bridgehead atoms. The summed E-state index contributed by atoms with van der Waals surface area (Å²) in [5.41, 5.74) is 9.46. The molecule has 11 nitrogen and oxygen atoms in total. The number of hydrogen-bond acceptors (Lipinski definition) is 6. The number of rotatable bonds is 4. The Balaban J connectivity index is 1.46. The number of carbonyl (C=O) groups is 1. The zero-order chi connectivity index (χ0) is 27.1. The third kappa shape index (κ3) is 4.19. The summed E-state index contributed by atoms with van der Waals surface area (Å²) in [6, 6.07) is 14.2. The Hall–Kier alpha value is -5.63. The highest BCUT2D eigenvalue weighted by Gasteiger charge is 2.23. The van der Waals surface area contributed by atoms with E-state index in [1.54, 1.807) is 48.9 Å². The molecule has 0 fully saturated rings. The van der Waals surface area contributed by atoms with Crippen LogP contribution >= 0.6 is 0 Å². The van der Waals surface area contributed by atoms with Crippen molar-refractivity contribution in [1.82, 2.24) is 38.4 Å². The van der Waals surface area contributed by atoms with Gasteiger partial charge < -0.3 is 11.1 Å². The first-order valence-corrected chi connectivity index (χ1v) is 12.1. The fraction of sp³-hybridized carbons (Fsp3) is 0.107. The molecule has 1 amide bonds. The SMILES string of the molecule is C[C@@H](NC(=O)c1c(N)ncn2ccnc12)c1cc2ccc(C#Cc3cnn(C)c3)n2c(=O)n1-c1ccccc1. The number of carbonyl (C=O) groups excluding carboxylic acids is 1. The van der Waals surface area contributed by atoms with Gasteiger partial charge in [0.2, 0.25) is 0 Å². The maximum absolute atomic E-state index is 14.0. The molecule has 6 rings (SSSR count). The molecule has 0 aliphatic heterocycles. The summed E-state index contributed by atoms with van der Waals surface area (Å²) in [5.74, 6) is 5.77. The van der Waals surface area contributed by atoms with Crippen LogP contribution in [0.1, 0.15) is 40.3 Å². The van der Waals surface area contributed by atoms with Crippen LogP contribution in [0.5, 0.6) is 0 Å². The van der Waals surface area contributed by atoms with Crippen molar-refractivity contribution >= 4 is 22.9 Å². The first kappa shape index (κ1) is 23.7. The highest BCUT2D eigenvalue weighted by molar-refractivity contribution is 6.04. The number of fused-ring (bicyclic) bond motifs is 2. The summed E-state index contributed by atoms with van der Waals surface area (Å²) in [6.45, 7) is 1.81. The summed E-state index contributed by atoms with van der Waals surface area (Å²) in [7, 11) is 1.82. The molecule has 3 N–H and O–H groups in total. The van der Waals surface area contributed by atoms with E-state index in [2.05, 4.69) is 32.2 Å². The second-order valence-electron chi connectivity index (χ2n) is 9.01. The maximum atomic E-state index is 14.0. The molecular weight excluding hydrogens is 494 g/mol. The van der Waals surface area contributed by atoms with Gasteiger partial charge in [-0.2, -0.15) is 5.10 Å². The zero-order valence-electron chi connectivity index (χ0n) is 21.1. The fourth-order valence-corrected chi connectivity index (χ4v) is 4.54. The van der Waals surface area contributed by atoms with Crippen molar-refractivity contribution in [3.8, 4) is 17.5 Å². The van der Waals surface area contributed by atoms with Crippen molar-refractivity contribution in [3.63, 3.8) is 0 Å². The lowest BCUT2D eigenvalue weighted by Gasteiger charge is -2.21. The van der Waals surface area contributed by atoms with Gasteiger partial charge in [0.25, 0.3) is 5.91 Å². The summed E-state index contributed by atoms with van der Waals surface area (Å²) in [5, 5.41) is 7.11. The molecule has 0 aliphatic carbocycles. The van der Waals surface area contributed by atoms with E-state index in [0.717, 1.165) is 5.56 Å². The van der Waals surface area contributed by atoms with Crippen LogP contribution in [0.25, 0.3) is 16.9 Å². The zero-order valence-corrected chi connectivity index (χ0v) is 21.1. The molecule has 11 heteroatoms. The van der Waals surface area contributed by atoms with Crippen molar-refractivity contribution < 1.29 is 4.79 Å². The number of anilines is 1. The van der Waals surface area contributed by atoms with Gasteiger partial charge >= 0.3 is 5.69 Å². The van der Waals surface area contributed by atoms with E-state index in [0.29, 0.717) is 28.2 Å². The van der Waals surface area contributed by atoms with E-state index in [1.165, 1.54) is 6.33 Å². The topological polar surface area (TPSA) is 130 Å². The molecular formula is C28H23N9O2. The fourth-order valence-electron chi connectivity index (χ4n) is 4.54. The Labute approximate surface area is 222 Å². The highest BCUT2D eigenvalue weighted by atomic mass is 16.2. The molecule has 192 valence electrons. The number of amides is 1. The largest absolute Gasteiger partial charge is 0.383 e. The summed E-state index contributed by atoms with van der Waals surface area (Å²) >= 11 is 0. The standard InChI is InChI=1S/C28H23N9O2/c1-18(33-27(38)24-25(29)31-17-35-13-12-30-26(24)35)23-14-22-11-10-21(9-8-19-15-32-34(2)16-19)36(22)28(39)37(23)20-6-4-3-5-7-20/h3-7,10-18H,29H2,1-2H3,(H,33,38)/t18-/m1/s1. The molecule has 5 heterocycles. The number of nitrogens with one attached hydrogen (secondary N) is 1. The lowest BCUT2D eigenvalue weighted by molar-refractivity contribution is 0.0940. The number of nitrogens with zero attached hydrogens (tertiary/aromatic N) is 7. The number of nitrogen functional groups attached to an aromatic ring is 1. The van der Waals surface area contributed by atoms with Crippen molar-refractivity contribution in [2.45, 2.75) is 13.0 Å². The molecule has 0 radical (unpaired) electrons. The number of hydrogen-bond donors (Lipinski definition) is 2. The minimum atomic E-state index is -0.579. The molecule has 6 aromatic rings. The maximum Gasteiger partial charge on any atom is 0.338 e. The van der Waals surface area contributed by atoms with Crippen molar-refractivity contribution in [3.05, 3.63) is 113 Å². The number of aromatic nitrogens is 7. The summed E-state index contributed by atoms with van der Waals surface area (Å²) in [4.78, 5) is 35.7. The third-order valence-electron chi connectivity index (χ3n) is 6.39. The van der Waals surface area contributed by atoms with Crippen LogP contribution in [0.2, 0.25) is 0 Å². The lowest BCUT2D eigenvalue weighted by Crippen LogP contribution is -2.35. The number of nitrogens with two attached hydrogens (primary N) is 1. The van der Waals surface area contributed by atoms with Gasteiger partial charge in [0.1, 0.15) is 23.4 Å². The van der Waals surface area contributed by atoms with Crippen LogP contribution in [0, 0.1) is 11.8 Å². The highest BCUT2D eigenvalue weighted by Crippen LogP contribution is 2.21. The van der Waals surface area contributed by atoms with E-state index >= 15 is 0 Å². The van der Waals surface area contributed by atoms with Gasteiger partial charge in [0, 0.05) is 25.6 Å². The van der Waals surface area contributed by atoms with Crippen LogP contribution < -0.4 is 16.7 Å². The second kappa shape index (κ2) is 9.35. The van der Waals surface area contributed by atoms with Gasteiger partial charge in [-0.05, 0) is 43.2 Å². The molecule has 0 spiro atoms. The van der Waals surface area contributed by atoms with Gasteiger partial charge in [-0.15, -0.1) is 0 Å². The van der Waals surface area contributed by atoms with E-state index < -0.39 is 11.9 Å². The van der Waals surface area contributed by atoms with Crippen molar-refractivity contribution in [2.24, 2.45) is 7.05 Å². The molecule has 0 unspecified atom stereocenters. The predicted molar refractivity (Wildman–Crippen MR) is 145 cm³/mol. The van der Waals surface area contributed by atoms with E-state index in [9.17, 15) is 9.59 Å². The molecule has 1 aromatic carbocycles. The quantitative estimate of drug-likeness (QED) is 0.345. The van der Waals surface area contributed by atoms with E-state index in [4.69, 9.17) is 5.73 Å². The van der Waals surface area contributed by atoms with Gasteiger partial charge in [-0.3, -0.25) is 22.8 Å². The number of benzene rings is 1. The first-order chi connectivity index (χ1) is 18.9. The third-order valence-corrected chi connectivity index (χ3v) is 6.39. The van der Waals surface area contributed by atoms with Gasteiger partial charge in [-0.25, -0.2) is 14.8 Å². The molecule has 0 aliphatic rings. The molecule has 5 aromatic heterocycles. The molecule has 39 heavy (non-hydrogen) atoms. The van der Waals surface area contributed by atoms with E-state index in [1.807, 2.05) is 56.4 Å². The Morgan fingerprint density at radius 3 is 2.69 bits per heavy atom. The Kier molecular flexibility index (Phi) is 5.69. The van der Waals surface area contributed by atoms with Crippen molar-refractivity contribution in [2.75, 3.05) is 5.73 Å². The second-order valence-corrected chi connectivity index (χ2v) is 9.01. The average Bonchev–Trinajstić information content (AvgIpc) is 3.67. The summed E-state index contributed by atoms with van der Waals surface area (Å²) in [6.07, 6.45) is 8.23. The minimum absolute atomic E-state index is 0.0673. The van der Waals surface area contributed by atoms with Crippen LogP contribution in [0.3, 0.4) is 0 Å². The Morgan fingerprint density at radius 1 is 1.10 bits per heavy atom. The van der Waals surface area contributed by atoms with Gasteiger partial charge in [-0.1, -0.05) is 24.1 Å². The minimum Gasteiger partial charge on any atom is -0.383 e.